The van der Waals surface area contributed by atoms with Crippen molar-refractivity contribution in [1.29, 1.82) is 0 Å². The molecular formula is C23H27N3O2. The van der Waals surface area contributed by atoms with Gasteiger partial charge in [-0.3, -0.25) is 4.79 Å². The maximum Gasteiger partial charge on any atom is 0.230 e. The van der Waals surface area contributed by atoms with E-state index in [0.717, 1.165) is 23.6 Å². The zero-order valence-electron chi connectivity index (χ0n) is 16.9. The van der Waals surface area contributed by atoms with Gasteiger partial charge in [0.05, 0.1) is 6.42 Å². The molecule has 0 aliphatic rings. The van der Waals surface area contributed by atoms with E-state index in [2.05, 4.69) is 47.0 Å². The molecule has 5 nitrogen and oxygen atoms in total. The average molecular weight is 377 g/mol. The molecule has 28 heavy (non-hydrogen) atoms. The number of rotatable bonds is 6. The molecule has 0 atom stereocenters. The van der Waals surface area contributed by atoms with Gasteiger partial charge in [0, 0.05) is 23.7 Å². The summed E-state index contributed by atoms with van der Waals surface area (Å²) in [5.74, 6) is 1.08. The van der Waals surface area contributed by atoms with Gasteiger partial charge in [-0.15, -0.1) is 0 Å². The number of carbonyl (C=O) groups is 1. The molecule has 0 bridgehead atoms. The lowest BCUT2D eigenvalue weighted by atomic mass is 9.93. The van der Waals surface area contributed by atoms with Crippen LogP contribution in [0.2, 0.25) is 0 Å². The Morgan fingerprint density at radius 3 is 2.25 bits per heavy atom. The van der Waals surface area contributed by atoms with Crippen LogP contribution in [0.15, 0.2) is 59.1 Å². The van der Waals surface area contributed by atoms with E-state index in [9.17, 15) is 4.79 Å². The summed E-state index contributed by atoms with van der Waals surface area (Å²) in [6.45, 7) is 8.95. The van der Waals surface area contributed by atoms with Gasteiger partial charge in [0.15, 0.2) is 5.82 Å². The van der Waals surface area contributed by atoms with Crippen LogP contribution >= 0.6 is 0 Å². The second-order valence-corrected chi connectivity index (χ2v) is 8.09. The van der Waals surface area contributed by atoms with Crippen LogP contribution in [0.3, 0.4) is 0 Å². The molecule has 1 amide bonds. The Hall–Kier alpha value is -3.08. The van der Waals surface area contributed by atoms with E-state index in [0.29, 0.717) is 5.82 Å². The van der Waals surface area contributed by atoms with E-state index in [-0.39, 0.29) is 17.7 Å². The monoisotopic (exact) mass is 377 g/mol. The van der Waals surface area contributed by atoms with E-state index in [1.165, 1.54) is 11.1 Å². The smallest absolute Gasteiger partial charge is 0.230 e. The number of anilines is 2. The Kier molecular flexibility index (Phi) is 5.83. The molecule has 1 aromatic heterocycles. The largest absolute Gasteiger partial charge is 0.381 e. The fourth-order valence-electron chi connectivity index (χ4n) is 2.71. The highest BCUT2D eigenvalue weighted by atomic mass is 16.5. The van der Waals surface area contributed by atoms with Crippen LogP contribution in [-0.4, -0.2) is 11.1 Å². The number of benzene rings is 2. The number of nitrogens with zero attached hydrogens (tertiary/aromatic N) is 1. The van der Waals surface area contributed by atoms with Crippen LogP contribution in [0.1, 0.15) is 43.2 Å². The summed E-state index contributed by atoms with van der Waals surface area (Å²) in [4.78, 5) is 12.3. The van der Waals surface area contributed by atoms with Crippen LogP contribution < -0.4 is 10.6 Å². The van der Waals surface area contributed by atoms with Gasteiger partial charge in [0.1, 0.15) is 5.76 Å². The molecular weight excluding hydrogens is 350 g/mol. The maximum atomic E-state index is 12.3. The van der Waals surface area contributed by atoms with Crippen LogP contribution in [-0.2, 0) is 23.2 Å². The van der Waals surface area contributed by atoms with Crippen molar-refractivity contribution in [2.45, 2.75) is 46.1 Å². The first kappa shape index (κ1) is 19.7. The fraction of sp³-hybridized carbons (Fsp3) is 0.304. The first-order valence-electron chi connectivity index (χ1n) is 9.45. The molecule has 0 unspecified atom stereocenters. The van der Waals surface area contributed by atoms with Gasteiger partial charge in [0.2, 0.25) is 5.91 Å². The topological polar surface area (TPSA) is 67.2 Å². The van der Waals surface area contributed by atoms with Crippen LogP contribution in [0, 0.1) is 6.92 Å². The zero-order chi connectivity index (χ0) is 20.1. The number of hydrogen-bond donors (Lipinski definition) is 2. The van der Waals surface area contributed by atoms with Gasteiger partial charge in [-0.25, -0.2) is 0 Å². The van der Waals surface area contributed by atoms with Crippen molar-refractivity contribution in [3.05, 3.63) is 77.0 Å². The molecule has 146 valence electrons. The standard InChI is InChI=1S/C23H27N3O2/c1-16-5-7-18(8-6-16)15-24-19-11-9-17(10-12-19)13-22(27)25-21-14-20(28-26-21)23(2,3)4/h5-12,14,24H,13,15H2,1-4H3,(H,25,26,27). The fourth-order valence-corrected chi connectivity index (χ4v) is 2.71. The van der Waals surface area contributed by atoms with E-state index in [1.54, 1.807) is 6.07 Å². The number of hydrogen-bond acceptors (Lipinski definition) is 4. The maximum absolute atomic E-state index is 12.3. The van der Waals surface area contributed by atoms with Crippen molar-refractivity contribution in [2.24, 2.45) is 0 Å². The summed E-state index contributed by atoms with van der Waals surface area (Å²) in [6, 6.07) is 18.1. The number of carbonyl (C=O) groups excluding carboxylic acids is 1. The Labute approximate surface area is 166 Å². The van der Waals surface area contributed by atoms with Gasteiger partial charge in [-0.05, 0) is 30.2 Å². The molecule has 0 fully saturated rings. The van der Waals surface area contributed by atoms with Gasteiger partial charge < -0.3 is 15.2 Å². The van der Waals surface area contributed by atoms with Crippen molar-refractivity contribution in [1.82, 2.24) is 5.16 Å². The summed E-state index contributed by atoms with van der Waals surface area (Å²) in [7, 11) is 0. The third kappa shape index (κ3) is 5.46. The molecule has 0 saturated carbocycles. The number of nitrogens with one attached hydrogen (secondary N) is 2. The van der Waals surface area contributed by atoms with Crippen LogP contribution in [0.4, 0.5) is 11.5 Å². The van der Waals surface area contributed by atoms with E-state index < -0.39 is 0 Å². The Morgan fingerprint density at radius 1 is 1.00 bits per heavy atom. The molecule has 2 N–H and O–H groups in total. The lowest BCUT2D eigenvalue weighted by Crippen LogP contribution is -2.14. The predicted octanol–water partition coefficient (Wildman–Crippen LogP) is 5.07. The molecule has 0 saturated heterocycles. The summed E-state index contributed by atoms with van der Waals surface area (Å²) in [5.41, 5.74) is 4.31. The molecule has 0 aliphatic carbocycles. The molecule has 2 aromatic carbocycles. The minimum absolute atomic E-state index is 0.117. The lowest BCUT2D eigenvalue weighted by Gasteiger charge is -2.12. The molecule has 3 rings (SSSR count). The normalized spacial score (nSPS) is 11.3. The molecule has 0 aliphatic heterocycles. The third-order valence-corrected chi connectivity index (χ3v) is 4.45. The van der Waals surface area contributed by atoms with Crippen molar-refractivity contribution in [3.8, 4) is 0 Å². The van der Waals surface area contributed by atoms with Crippen molar-refractivity contribution >= 4 is 17.4 Å². The average Bonchev–Trinajstić information content (AvgIpc) is 3.11. The van der Waals surface area contributed by atoms with Gasteiger partial charge in [-0.2, -0.15) is 0 Å². The second kappa shape index (κ2) is 8.30. The Balaban J connectivity index is 1.51. The van der Waals surface area contributed by atoms with Crippen molar-refractivity contribution in [3.63, 3.8) is 0 Å². The Bertz CT molecular complexity index is 920. The van der Waals surface area contributed by atoms with Crippen molar-refractivity contribution < 1.29 is 9.32 Å². The molecule has 5 heteroatoms. The summed E-state index contributed by atoms with van der Waals surface area (Å²) >= 11 is 0. The predicted molar refractivity (Wildman–Crippen MR) is 112 cm³/mol. The number of aromatic nitrogens is 1. The Morgan fingerprint density at radius 2 is 1.64 bits per heavy atom. The van der Waals surface area contributed by atoms with E-state index in [1.807, 2.05) is 45.0 Å². The SMILES string of the molecule is Cc1ccc(CNc2ccc(CC(=O)Nc3cc(C(C)(C)C)on3)cc2)cc1. The highest BCUT2D eigenvalue weighted by molar-refractivity contribution is 5.91. The minimum Gasteiger partial charge on any atom is -0.381 e. The first-order valence-corrected chi connectivity index (χ1v) is 9.45. The highest BCUT2D eigenvalue weighted by Gasteiger charge is 2.20. The van der Waals surface area contributed by atoms with E-state index >= 15 is 0 Å². The second-order valence-electron chi connectivity index (χ2n) is 8.09. The summed E-state index contributed by atoms with van der Waals surface area (Å²) in [5, 5.41) is 10.1. The summed E-state index contributed by atoms with van der Waals surface area (Å²) < 4.78 is 5.29. The number of amides is 1. The highest BCUT2D eigenvalue weighted by Crippen LogP contribution is 2.24. The van der Waals surface area contributed by atoms with Gasteiger partial charge >= 0.3 is 0 Å². The zero-order valence-corrected chi connectivity index (χ0v) is 16.9. The van der Waals surface area contributed by atoms with E-state index in [4.69, 9.17) is 4.52 Å². The number of aryl methyl sites for hydroxylation is 1. The van der Waals surface area contributed by atoms with Crippen LogP contribution in [0.25, 0.3) is 0 Å². The quantitative estimate of drug-likeness (QED) is 0.629. The van der Waals surface area contributed by atoms with Gasteiger partial charge in [0.25, 0.3) is 0 Å². The summed E-state index contributed by atoms with van der Waals surface area (Å²) in [6.07, 6.45) is 0.288. The molecule has 3 aromatic rings. The molecule has 0 radical (unpaired) electrons. The molecule has 1 heterocycles. The lowest BCUT2D eigenvalue weighted by molar-refractivity contribution is -0.115. The molecule has 0 spiro atoms. The van der Waals surface area contributed by atoms with Crippen LogP contribution in [0.5, 0.6) is 0 Å². The third-order valence-electron chi connectivity index (χ3n) is 4.45. The minimum atomic E-state index is -0.141. The van der Waals surface area contributed by atoms with Gasteiger partial charge in [-0.1, -0.05) is 67.9 Å². The first-order chi connectivity index (χ1) is 13.3. The van der Waals surface area contributed by atoms with Crippen molar-refractivity contribution in [2.75, 3.05) is 10.6 Å².